The first kappa shape index (κ1) is 7.34. The molecule has 0 spiro atoms. The molecular weight excluding hydrogens is 148 g/mol. The molecule has 0 aromatic carbocycles. The molecule has 2 nitrogen and oxygen atoms in total. The van der Waals surface area contributed by atoms with Crippen molar-refractivity contribution in [2.75, 3.05) is 0 Å². The maximum absolute atomic E-state index is 6.18. The Morgan fingerprint density at radius 2 is 1.42 bits per heavy atom. The third-order valence-electron chi connectivity index (χ3n) is 4.69. The molecule has 0 saturated heterocycles. The van der Waals surface area contributed by atoms with Crippen LogP contribution >= 0.6 is 0 Å². The lowest BCUT2D eigenvalue weighted by molar-refractivity contribution is 0.243. The third kappa shape index (κ3) is 0.686. The van der Waals surface area contributed by atoms with Gasteiger partial charge in [-0.1, -0.05) is 0 Å². The molecule has 4 N–H and O–H groups in total. The van der Waals surface area contributed by atoms with E-state index in [1.54, 1.807) is 0 Å². The van der Waals surface area contributed by atoms with Crippen LogP contribution < -0.4 is 11.5 Å². The van der Waals surface area contributed by atoms with Gasteiger partial charge in [-0.3, -0.25) is 0 Å². The number of rotatable bonds is 0. The highest BCUT2D eigenvalue weighted by atomic mass is 14.8. The minimum atomic E-state index is 0.483. The molecule has 0 heterocycles. The van der Waals surface area contributed by atoms with E-state index in [4.69, 9.17) is 11.5 Å². The molecule has 6 unspecified atom stereocenters. The molecule has 6 atom stereocenters. The quantitative estimate of drug-likeness (QED) is 0.557. The Kier molecular flexibility index (Phi) is 1.37. The second-order valence-corrected chi connectivity index (χ2v) is 4.96. The number of hydrogen-bond acceptors (Lipinski definition) is 2. The van der Waals surface area contributed by atoms with Crippen molar-refractivity contribution in [1.29, 1.82) is 0 Å². The molecule has 3 fully saturated rings. The Hall–Kier alpha value is -0.0800. The lowest BCUT2D eigenvalue weighted by Crippen LogP contribution is -2.34. The molecular formula is C10H18N2. The largest absolute Gasteiger partial charge is 0.327 e. The first-order valence-electron chi connectivity index (χ1n) is 5.30. The van der Waals surface area contributed by atoms with Gasteiger partial charge in [0.25, 0.3) is 0 Å². The summed E-state index contributed by atoms with van der Waals surface area (Å²) in [4.78, 5) is 0. The van der Waals surface area contributed by atoms with Crippen molar-refractivity contribution in [2.24, 2.45) is 35.1 Å². The van der Waals surface area contributed by atoms with Crippen molar-refractivity contribution in [3.05, 3.63) is 0 Å². The first-order chi connectivity index (χ1) is 5.79. The molecule has 3 saturated carbocycles. The fourth-order valence-electron chi connectivity index (χ4n) is 4.26. The normalized spacial score (nSPS) is 62.5. The van der Waals surface area contributed by atoms with Gasteiger partial charge in [0.15, 0.2) is 0 Å². The molecule has 3 aliphatic carbocycles. The van der Waals surface area contributed by atoms with E-state index >= 15 is 0 Å². The topological polar surface area (TPSA) is 52.0 Å². The van der Waals surface area contributed by atoms with Gasteiger partial charge in [-0.25, -0.2) is 0 Å². The Morgan fingerprint density at radius 3 is 2.17 bits per heavy atom. The minimum absolute atomic E-state index is 0.483. The predicted octanol–water partition coefficient (Wildman–Crippen LogP) is 0.707. The van der Waals surface area contributed by atoms with E-state index in [1.165, 1.54) is 25.7 Å². The summed E-state index contributed by atoms with van der Waals surface area (Å²) in [5, 5.41) is 0. The highest BCUT2D eigenvalue weighted by molar-refractivity contribution is 5.09. The smallest absolute Gasteiger partial charge is 0.0102 e. The van der Waals surface area contributed by atoms with Gasteiger partial charge in [0, 0.05) is 12.1 Å². The van der Waals surface area contributed by atoms with Crippen molar-refractivity contribution in [3.8, 4) is 0 Å². The van der Waals surface area contributed by atoms with E-state index in [-0.39, 0.29) is 0 Å². The summed E-state index contributed by atoms with van der Waals surface area (Å²) in [7, 11) is 0. The van der Waals surface area contributed by atoms with Crippen LogP contribution in [0, 0.1) is 23.7 Å². The van der Waals surface area contributed by atoms with Crippen LogP contribution in [0.1, 0.15) is 25.7 Å². The average molecular weight is 166 g/mol. The lowest BCUT2D eigenvalue weighted by atomic mass is 9.80. The molecule has 2 bridgehead atoms. The molecule has 0 amide bonds. The molecule has 0 aromatic rings. The summed E-state index contributed by atoms with van der Waals surface area (Å²) < 4.78 is 0. The minimum Gasteiger partial charge on any atom is -0.327 e. The van der Waals surface area contributed by atoms with Gasteiger partial charge in [-0.2, -0.15) is 0 Å². The Labute approximate surface area is 73.7 Å². The van der Waals surface area contributed by atoms with Crippen LogP contribution in [0.4, 0.5) is 0 Å². The maximum atomic E-state index is 6.18. The summed E-state index contributed by atoms with van der Waals surface area (Å²) in [5.74, 6) is 3.35. The number of hydrogen-bond donors (Lipinski definition) is 2. The van der Waals surface area contributed by atoms with Crippen molar-refractivity contribution in [3.63, 3.8) is 0 Å². The fraction of sp³-hybridized carbons (Fsp3) is 1.00. The maximum Gasteiger partial charge on any atom is 0.0102 e. The number of nitrogens with two attached hydrogens (primary N) is 2. The van der Waals surface area contributed by atoms with Gasteiger partial charge in [0.05, 0.1) is 0 Å². The van der Waals surface area contributed by atoms with Crippen LogP contribution in [0.15, 0.2) is 0 Å². The van der Waals surface area contributed by atoms with Gasteiger partial charge >= 0.3 is 0 Å². The number of fused-ring (bicyclic) bond motifs is 5. The van der Waals surface area contributed by atoms with E-state index in [0.29, 0.717) is 12.1 Å². The summed E-state index contributed by atoms with van der Waals surface area (Å²) in [6.45, 7) is 0. The highest BCUT2D eigenvalue weighted by Gasteiger charge is 2.56. The lowest BCUT2D eigenvalue weighted by Gasteiger charge is -2.26. The van der Waals surface area contributed by atoms with Gasteiger partial charge in [-0.05, 0) is 49.4 Å². The fourth-order valence-corrected chi connectivity index (χ4v) is 4.26. The molecule has 12 heavy (non-hydrogen) atoms. The predicted molar refractivity (Wildman–Crippen MR) is 48.4 cm³/mol. The van der Waals surface area contributed by atoms with E-state index in [9.17, 15) is 0 Å². The van der Waals surface area contributed by atoms with Gasteiger partial charge in [0.1, 0.15) is 0 Å². The first-order valence-corrected chi connectivity index (χ1v) is 5.30. The Balaban J connectivity index is 1.93. The van der Waals surface area contributed by atoms with Gasteiger partial charge < -0.3 is 11.5 Å². The van der Waals surface area contributed by atoms with E-state index in [2.05, 4.69) is 0 Å². The van der Waals surface area contributed by atoms with E-state index in [0.717, 1.165) is 23.7 Å². The van der Waals surface area contributed by atoms with Crippen molar-refractivity contribution >= 4 is 0 Å². The summed E-state index contributed by atoms with van der Waals surface area (Å²) >= 11 is 0. The highest BCUT2D eigenvalue weighted by Crippen LogP contribution is 2.57. The van der Waals surface area contributed by atoms with Crippen LogP contribution in [0.5, 0.6) is 0 Å². The molecule has 3 rings (SSSR count). The molecule has 0 radical (unpaired) electrons. The van der Waals surface area contributed by atoms with Crippen LogP contribution in [0.2, 0.25) is 0 Å². The molecule has 0 aliphatic heterocycles. The molecule has 0 aromatic heterocycles. The second-order valence-electron chi connectivity index (χ2n) is 4.96. The van der Waals surface area contributed by atoms with E-state index < -0.39 is 0 Å². The zero-order valence-electron chi connectivity index (χ0n) is 7.45. The third-order valence-corrected chi connectivity index (χ3v) is 4.69. The van der Waals surface area contributed by atoms with Gasteiger partial charge in [0.2, 0.25) is 0 Å². The second kappa shape index (κ2) is 2.24. The van der Waals surface area contributed by atoms with Crippen LogP contribution in [0.3, 0.4) is 0 Å². The monoisotopic (exact) mass is 166 g/mol. The summed E-state index contributed by atoms with van der Waals surface area (Å²) in [6.07, 6.45) is 5.37. The van der Waals surface area contributed by atoms with Crippen LogP contribution in [-0.2, 0) is 0 Å². The average Bonchev–Trinajstić information content (AvgIpc) is 2.66. The van der Waals surface area contributed by atoms with Crippen molar-refractivity contribution < 1.29 is 0 Å². The SMILES string of the molecule is NC1CCC2C3CCC(C3N)C12. The zero-order valence-corrected chi connectivity index (χ0v) is 7.45. The van der Waals surface area contributed by atoms with E-state index in [1.807, 2.05) is 0 Å². The molecule has 2 heteroatoms. The van der Waals surface area contributed by atoms with Crippen LogP contribution in [0.25, 0.3) is 0 Å². The van der Waals surface area contributed by atoms with Crippen molar-refractivity contribution in [2.45, 2.75) is 37.8 Å². The van der Waals surface area contributed by atoms with Crippen molar-refractivity contribution in [1.82, 2.24) is 0 Å². The van der Waals surface area contributed by atoms with Gasteiger partial charge in [-0.15, -0.1) is 0 Å². The summed E-state index contributed by atoms with van der Waals surface area (Å²) in [6, 6.07) is 0.989. The zero-order chi connectivity index (χ0) is 8.29. The summed E-state index contributed by atoms with van der Waals surface area (Å²) in [5.41, 5.74) is 12.3. The Bertz CT molecular complexity index is 202. The molecule has 68 valence electrons. The Morgan fingerprint density at radius 1 is 0.750 bits per heavy atom. The standard InChI is InChI=1S/C10H18N2/c11-8-4-3-5-6-1-2-7(9(5)8)10(6)12/h5-10H,1-4,11-12H2. The van der Waals surface area contributed by atoms with Crippen LogP contribution in [-0.4, -0.2) is 12.1 Å². The molecule has 3 aliphatic rings.